The predicted molar refractivity (Wildman–Crippen MR) is 178 cm³/mol. The summed E-state index contributed by atoms with van der Waals surface area (Å²) in [4.78, 5) is 60.4. The maximum atomic E-state index is 14.0. The number of nitrogens with zero attached hydrogens (tertiary/aromatic N) is 3. The number of benzene rings is 2. The largest absolute Gasteiger partial charge is 0.492 e. The number of amides is 4. The van der Waals surface area contributed by atoms with E-state index >= 15 is 0 Å². The van der Waals surface area contributed by atoms with Gasteiger partial charge in [0.15, 0.2) is 5.60 Å². The molecule has 3 aliphatic rings. The number of likely N-dealkylation sites (tertiary alicyclic amines) is 1. The molecule has 3 aromatic rings. The van der Waals surface area contributed by atoms with Gasteiger partial charge in [0, 0.05) is 64.8 Å². The molecule has 4 amide bonds. The van der Waals surface area contributed by atoms with Crippen LogP contribution in [0, 0.1) is 0 Å². The summed E-state index contributed by atoms with van der Waals surface area (Å²) in [5, 5.41) is 11.1. The Hall–Kier alpha value is -4.91. The van der Waals surface area contributed by atoms with Crippen LogP contribution in [0.5, 0.6) is 11.5 Å². The third kappa shape index (κ3) is 8.91. The minimum Gasteiger partial charge on any atom is -0.492 e. The number of rotatable bonds is 5. The lowest BCUT2D eigenvalue weighted by molar-refractivity contribution is -0.144. The van der Waals surface area contributed by atoms with Crippen LogP contribution in [-0.4, -0.2) is 94.6 Å². The fourth-order valence-corrected chi connectivity index (χ4v) is 5.86. The number of aryl methyl sites for hydroxylation is 1. The summed E-state index contributed by atoms with van der Waals surface area (Å²) >= 11 is 0. The van der Waals surface area contributed by atoms with Crippen molar-refractivity contribution in [3.05, 3.63) is 78.4 Å². The normalized spacial score (nSPS) is 22.9. The van der Waals surface area contributed by atoms with Crippen molar-refractivity contribution in [2.24, 2.45) is 7.05 Å². The fourth-order valence-electron chi connectivity index (χ4n) is 5.86. The van der Waals surface area contributed by atoms with Gasteiger partial charge in [-0.2, -0.15) is 0 Å². The minimum absolute atomic E-state index is 0.192. The van der Waals surface area contributed by atoms with Crippen molar-refractivity contribution in [2.45, 2.75) is 63.3 Å². The molecule has 0 aliphatic carbocycles. The van der Waals surface area contributed by atoms with Gasteiger partial charge in [-0.05, 0) is 43.7 Å². The third-order valence-electron chi connectivity index (χ3n) is 8.87. The second-order valence-electron chi connectivity index (χ2n) is 12.4. The molecule has 1 aromatic heterocycles. The Morgan fingerprint density at radius 1 is 0.854 bits per heavy atom. The van der Waals surface area contributed by atoms with Crippen molar-refractivity contribution < 1.29 is 28.7 Å². The molecule has 0 unspecified atom stereocenters. The van der Waals surface area contributed by atoms with Gasteiger partial charge in [0.1, 0.15) is 42.1 Å². The van der Waals surface area contributed by atoms with E-state index in [-0.39, 0.29) is 25.5 Å². The van der Waals surface area contributed by atoms with Crippen molar-refractivity contribution in [1.29, 1.82) is 0 Å². The lowest BCUT2D eigenvalue weighted by Gasteiger charge is -2.41. The van der Waals surface area contributed by atoms with E-state index in [1.165, 1.54) is 0 Å². The smallest absolute Gasteiger partial charge is 0.264 e. The van der Waals surface area contributed by atoms with Crippen LogP contribution < -0.4 is 30.7 Å². The molecule has 3 aliphatic heterocycles. The highest BCUT2D eigenvalue weighted by Gasteiger charge is 2.45. The third-order valence-corrected chi connectivity index (χ3v) is 8.87. The Kier molecular flexibility index (Phi) is 11.3. The van der Waals surface area contributed by atoms with E-state index in [2.05, 4.69) is 31.2 Å². The van der Waals surface area contributed by atoms with E-state index in [0.29, 0.717) is 37.4 Å². The van der Waals surface area contributed by atoms with E-state index < -0.39 is 41.4 Å². The molecule has 13 nitrogen and oxygen atoms in total. The number of nitrogens with one attached hydrogen (secondary N) is 4. The van der Waals surface area contributed by atoms with E-state index in [4.69, 9.17) is 9.47 Å². The molecule has 3 atom stereocenters. The van der Waals surface area contributed by atoms with Crippen molar-refractivity contribution in [3.8, 4) is 11.5 Å². The Labute approximate surface area is 280 Å². The van der Waals surface area contributed by atoms with Crippen LogP contribution in [-0.2, 0) is 39.1 Å². The van der Waals surface area contributed by atoms with Crippen LogP contribution in [0.1, 0.15) is 38.1 Å². The number of ether oxygens (including phenoxy) is 2. The van der Waals surface area contributed by atoms with E-state index in [0.717, 1.165) is 24.4 Å². The summed E-state index contributed by atoms with van der Waals surface area (Å²) in [6.45, 7) is 5.60. The summed E-state index contributed by atoms with van der Waals surface area (Å²) in [5.74, 6) is 0.217. The van der Waals surface area contributed by atoms with Gasteiger partial charge < -0.3 is 40.2 Å². The topological polar surface area (TPSA) is 156 Å². The number of hydrogen-bond donors (Lipinski definition) is 4. The molecular weight excluding hydrogens is 614 g/mol. The minimum atomic E-state index is -1.22. The zero-order valence-electron chi connectivity index (χ0n) is 27.7. The van der Waals surface area contributed by atoms with Gasteiger partial charge in [-0.15, -0.1) is 0 Å². The summed E-state index contributed by atoms with van der Waals surface area (Å²) in [5.41, 5.74) is -0.399. The van der Waals surface area contributed by atoms with Crippen LogP contribution in [0.25, 0.3) is 0 Å². The zero-order chi connectivity index (χ0) is 34.1. The standard InChI is InChI=1S/C35H45N7O6/c1-24-31(43)37-17-22-47-27-9-11-28(12-10-27)48-35(14-19-42(20-15-35)18-13-30-36-16-21-41(30)3)34(46)39-25(2)32(44)40-29(33(45)38-24)23-26-7-5-4-6-8-26/h4-12,16,21,24-25,29H,13-15,17-20,22-23H2,1-3H3,(H,37,43)(H,38,45)(H,39,46)(H,40,44)/t24-,25-,29-/m0/s1. The molecule has 2 aromatic carbocycles. The Morgan fingerprint density at radius 3 is 2.23 bits per heavy atom. The first kappa shape index (κ1) is 34.4. The Bertz CT molecular complexity index is 1550. The highest BCUT2D eigenvalue weighted by Crippen LogP contribution is 2.31. The quantitative estimate of drug-likeness (QED) is 0.297. The van der Waals surface area contributed by atoms with Gasteiger partial charge in [-0.3, -0.25) is 19.2 Å². The second kappa shape index (κ2) is 15.8. The van der Waals surface area contributed by atoms with Gasteiger partial charge >= 0.3 is 0 Å². The molecule has 1 spiro atoms. The first-order valence-corrected chi connectivity index (χ1v) is 16.5. The number of aromatic nitrogens is 2. The van der Waals surface area contributed by atoms with Gasteiger partial charge in [-0.1, -0.05) is 30.3 Å². The molecule has 0 radical (unpaired) electrons. The number of carbonyl (C=O) groups excluding carboxylic acids is 4. The number of carbonyl (C=O) groups is 4. The molecule has 6 rings (SSSR count). The van der Waals surface area contributed by atoms with E-state index in [1.807, 2.05) is 48.1 Å². The maximum absolute atomic E-state index is 14.0. The lowest BCUT2D eigenvalue weighted by atomic mass is 9.89. The monoisotopic (exact) mass is 659 g/mol. The summed E-state index contributed by atoms with van der Waals surface area (Å²) < 4.78 is 14.3. The summed E-state index contributed by atoms with van der Waals surface area (Å²) in [6.07, 6.45) is 5.49. The molecule has 256 valence electrons. The molecule has 2 bridgehead atoms. The van der Waals surface area contributed by atoms with Gasteiger partial charge in [0.25, 0.3) is 5.91 Å². The van der Waals surface area contributed by atoms with Crippen molar-refractivity contribution in [1.82, 2.24) is 35.7 Å². The van der Waals surface area contributed by atoms with Gasteiger partial charge in [0.05, 0.1) is 6.54 Å². The number of fused-ring (bicyclic) bond motifs is 15. The SMILES string of the molecule is C[C@@H]1NC(=O)[C@H](Cc2ccccc2)NC(=O)[C@H](C)NC(=O)C2(CCN(CCc3nccn3C)CC2)Oc2ccc(cc2)OCCNC1=O. The average Bonchev–Trinajstić information content (AvgIpc) is 3.50. The zero-order valence-corrected chi connectivity index (χ0v) is 27.7. The van der Waals surface area contributed by atoms with E-state index in [1.54, 1.807) is 44.3 Å². The molecule has 4 N–H and O–H groups in total. The first-order valence-electron chi connectivity index (χ1n) is 16.5. The predicted octanol–water partition coefficient (Wildman–Crippen LogP) is 1.12. The Morgan fingerprint density at radius 2 is 1.54 bits per heavy atom. The summed E-state index contributed by atoms with van der Waals surface area (Å²) in [6, 6.07) is 13.4. The maximum Gasteiger partial charge on any atom is 0.264 e. The van der Waals surface area contributed by atoms with Crippen molar-refractivity contribution in [2.75, 3.05) is 32.8 Å². The molecule has 0 saturated carbocycles. The van der Waals surface area contributed by atoms with E-state index in [9.17, 15) is 19.2 Å². The number of hydrogen-bond acceptors (Lipinski definition) is 8. The van der Waals surface area contributed by atoms with Crippen LogP contribution in [0.4, 0.5) is 0 Å². The van der Waals surface area contributed by atoms with Crippen LogP contribution in [0.3, 0.4) is 0 Å². The van der Waals surface area contributed by atoms with Gasteiger partial charge in [0.2, 0.25) is 17.7 Å². The Balaban J connectivity index is 1.35. The highest BCUT2D eigenvalue weighted by molar-refractivity contribution is 5.95. The highest BCUT2D eigenvalue weighted by atomic mass is 16.5. The van der Waals surface area contributed by atoms with Crippen molar-refractivity contribution in [3.63, 3.8) is 0 Å². The first-order chi connectivity index (χ1) is 23.1. The second-order valence-corrected chi connectivity index (χ2v) is 12.4. The molecule has 4 heterocycles. The number of piperidine rings is 1. The lowest BCUT2D eigenvalue weighted by Crippen LogP contribution is -2.61. The fraction of sp³-hybridized carbons (Fsp3) is 0.457. The number of imidazole rings is 1. The summed E-state index contributed by atoms with van der Waals surface area (Å²) in [7, 11) is 1.97. The van der Waals surface area contributed by atoms with Crippen LogP contribution >= 0.6 is 0 Å². The molecule has 48 heavy (non-hydrogen) atoms. The van der Waals surface area contributed by atoms with Crippen LogP contribution in [0.2, 0.25) is 0 Å². The molecule has 13 heteroatoms. The van der Waals surface area contributed by atoms with Crippen molar-refractivity contribution >= 4 is 23.6 Å². The average molecular weight is 660 g/mol. The van der Waals surface area contributed by atoms with Gasteiger partial charge in [-0.25, -0.2) is 4.98 Å². The van der Waals surface area contributed by atoms with Crippen LogP contribution in [0.15, 0.2) is 67.0 Å². The molecule has 1 saturated heterocycles. The molecular formula is C35H45N7O6. The molecule has 1 fully saturated rings.